The molecule has 2 nitrogen and oxygen atoms in total. The fourth-order valence-corrected chi connectivity index (χ4v) is 1.98. The van der Waals surface area contributed by atoms with Crippen LogP contribution in [0.25, 0.3) is 0 Å². The van der Waals surface area contributed by atoms with Crippen LogP contribution in [0.5, 0.6) is 11.5 Å². The van der Waals surface area contributed by atoms with E-state index in [1.54, 1.807) is 18.2 Å². The Hall–Kier alpha value is -1.46. The average Bonchev–Trinajstić information content (AvgIpc) is 2.30. The second kappa shape index (κ2) is 5.46. The molecule has 0 atom stereocenters. The Kier molecular flexibility index (Phi) is 3.93. The van der Waals surface area contributed by atoms with Crippen molar-refractivity contribution in [3.63, 3.8) is 0 Å². The van der Waals surface area contributed by atoms with Gasteiger partial charge >= 0.3 is 0 Å². The minimum Gasteiger partial charge on any atom is -0.456 e. The van der Waals surface area contributed by atoms with Crippen LogP contribution in [-0.4, -0.2) is 0 Å². The van der Waals surface area contributed by atoms with Crippen LogP contribution in [-0.2, 0) is 6.54 Å². The Morgan fingerprint density at radius 2 is 1.72 bits per heavy atom. The van der Waals surface area contributed by atoms with Crippen LogP contribution in [0.3, 0.4) is 0 Å². The fraction of sp³-hybridized carbons (Fsp3) is 0.0769. The normalized spacial score (nSPS) is 10.4. The molecule has 0 radical (unpaired) electrons. The first-order valence-corrected chi connectivity index (χ1v) is 6.00. The zero-order valence-electron chi connectivity index (χ0n) is 9.29. The quantitative estimate of drug-likeness (QED) is 0.930. The predicted octanol–water partition coefficient (Wildman–Crippen LogP) is 3.98. The third-order valence-electron chi connectivity index (χ3n) is 2.30. The van der Waals surface area contributed by atoms with Crippen LogP contribution in [0, 0.1) is 11.6 Å². The van der Waals surface area contributed by atoms with E-state index < -0.39 is 11.6 Å². The molecule has 0 aliphatic carbocycles. The molecule has 0 amide bonds. The Morgan fingerprint density at radius 3 is 2.28 bits per heavy atom. The van der Waals surface area contributed by atoms with E-state index >= 15 is 0 Å². The van der Waals surface area contributed by atoms with E-state index in [4.69, 9.17) is 10.5 Å². The molecule has 0 saturated carbocycles. The number of hydrogen-bond donors (Lipinski definition) is 1. The van der Waals surface area contributed by atoms with Crippen molar-refractivity contribution in [1.82, 2.24) is 0 Å². The van der Waals surface area contributed by atoms with Crippen LogP contribution in [0.15, 0.2) is 40.9 Å². The topological polar surface area (TPSA) is 35.2 Å². The summed E-state index contributed by atoms with van der Waals surface area (Å²) in [6.07, 6.45) is 0. The first-order valence-electron chi connectivity index (χ1n) is 5.21. The van der Waals surface area contributed by atoms with Gasteiger partial charge in [0.2, 0.25) is 0 Å². The van der Waals surface area contributed by atoms with E-state index in [1.165, 1.54) is 0 Å². The van der Waals surface area contributed by atoms with Gasteiger partial charge in [0.05, 0.1) is 4.47 Å². The van der Waals surface area contributed by atoms with Crippen LogP contribution in [0.2, 0.25) is 0 Å². The van der Waals surface area contributed by atoms with Crippen molar-refractivity contribution in [3.8, 4) is 11.5 Å². The van der Waals surface area contributed by atoms with Crippen molar-refractivity contribution < 1.29 is 13.5 Å². The molecule has 0 saturated heterocycles. The molecule has 5 heteroatoms. The van der Waals surface area contributed by atoms with E-state index in [0.29, 0.717) is 16.8 Å². The Bertz CT molecular complexity index is 555. The maximum absolute atomic E-state index is 13.0. The molecule has 0 spiro atoms. The van der Waals surface area contributed by atoms with Crippen molar-refractivity contribution >= 4 is 15.9 Å². The lowest BCUT2D eigenvalue weighted by Gasteiger charge is -2.09. The first kappa shape index (κ1) is 13.0. The second-order valence-electron chi connectivity index (χ2n) is 3.68. The monoisotopic (exact) mass is 313 g/mol. The summed E-state index contributed by atoms with van der Waals surface area (Å²) in [5.41, 5.74) is 6.43. The van der Waals surface area contributed by atoms with Crippen LogP contribution < -0.4 is 10.5 Å². The van der Waals surface area contributed by atoms with Gasteiger partial charge in [-0.15, -0.1) is 0 Å². The Balaban J connectivity index is 2.28. The van der Waals surface area contributed by atoms with E-state index in [-0.39, 0.29) is 5.75 Å². The fourth-order valence-electron chi connectivity index (χ4n) is 1.47. The maximum atomic E-state index is 13.0. The standard InChI is InChI=1S/C13H10BrF2NO/c14-12-3-8(7-17)1-2-13(12)18-11-5-9(15)4-10(16)6-11/h1-6H,7,17H2. The smallest absolute Gasteiger partial charge is 0.141 e. The number of halogens is 3. The van der Waals surface area contributed by atoms with Gasteiger partial charge in [-0.1, -0.05) is 6.07 Å². The van der Waals surface area contributed by atoms with Crippen LogP contribution in [0.4, 0.5) is 8.78 Å². The molecule has 18 heavy (non-hydrogen) atoms. The van der Waals surface area contributed by atoms with Gasteiger partial charge in [-0.25, -0.2) is 8.78 Å². The van der Waals surface area contributed by atoms with Crippen molar-refractivity contribution in [2.75, 3.05) is 0 Å². The number of nitrogens with two attached hydrogens (primary N) is 1. The highest BCUT2D eigenvalue weighted by Gasteiger charge is 2.06. The second-order valence-corrected chi connectivity index (χ2v) is 4.53. The Labute approximate surface area is 112 Å². The lowest BCUT2D eigenvalue weighted by Crippen LogP contribution is -1.96. The molecule has 0 unspecified atom stereocenters. The number of benzene rings is 2. The van der Waals surface area contributed by atoms with E-state index in [9.17, 15) is 8.78 Å². The van der Waals surface area contributed by atoms with Gasteiger partial charge in [0, 0.05) is 24.7 Å². The van der Waals surface area contributed by atoms with E-state index in [1.807, 2.05) is 0 Å². The maximum Gasteiger partial charge on any atom is 0.141 e. The lowest BCUT2D eigenvalue weighted by molar-refractivity contribution is 0.465. The van der Waals surface area contributed by atoms with Gasteiger partial charge in [0.25, 0.3) is 0 Å². The summed E-state index contributed by atoms with van der Waals surface area (Å²) in [7, 11) is 0. The highest BCUT2D eigenvalue weighted by atomic mass is 79.9. The number of hydrogen-bond acceptors (Lipinski definition) is 2. The zero-order chi connectivity index (χ0) is 13.1. The summed E-state index contributed by atoms with van der Waals surface area (Å²) in [5, 5.41) is 0. The highest BCUT2D eigenvalue weighted by molar-refractivity contribution is 9.10. The largest absolute Gasteiger partial charge is 0.456 e. The summed E-state index contributed by atoms with van der Waals surface area (Å²) >= 11 is 3.31. The highest BCUT2D eigenvalue weighted by Crippen LogP contribution is 2.31. The third-order valence-corrected chi connectivity index (χ3v) is 2.92. The SMILES string of the molecule is NCc1ccc(Oc2cc(F)cc(F)c2)c(Br)c1. The molecule has 0 fully saturated rings. The summed E-state index contributed by atoms with van der Waals surface area (Å²) in [4.78, 5) is 0. The molecular weight excluding hydrogens is 304 g/mol. The zero-order valence-corrected chi connectivity index (χ0v) is 10.9. The molecule has 2 aromatic carbocycles. The minimum atomic E-state index is -0.681. The minimum absolute atomic E-state index is 0.105. The van der Waals surface area contributed by atoms with Crippen molar-refractivity contribution in [1.29, 1.82) is 0 Å². The molecule has 0 bridgehead atoms. The Morgan fingerprint density at radius 1 is 1.06 bits per heavy atom. The predicted molar refractivity (Wildman–Crippen MR) is 68.5 cm³/mol. The molecular formula is C13H10BrF2NO. The summed E-state index contributed by atoms with van der Waals surface area (Å²) in [5.74, 6) is -0.787. The lowest BCUT2D eigenvalue weighted by atomic mass is 10.2. The molecule has 0 heterocycles. The third kappa shape index (κ3) is 3.05. The van der Waals surface area contributed by atoms with Crippen molar-refractivity contribution in [3.05, 3.63) is 58.1 Å². The molecule has 0 aliphatic rings. The summed E-state index contributed by atoms with van der Waals surface area (Å²) < 4.78 is 32.1. The average molecular weight is 314 g/mol. The summed E-state index contributed by atoms with van der Waals surface area (Å²) in [6.45, 7) is 0.410. The molecule has 94 valence electrons. The van der Waals surface area contributed by atoms with E-state index in [2.05, 4.69) is 15.9 Å². The van der Waals surface area contributed by atoms with Crippen LogP contribution in [0.1, 0.15) is 5.56 Å². The number of rotatable bonds is 3. The van der Waals surface area contributed by atoms with Gasteiger partial charge in [-0.2, -0.15) is 0 Å². The molecule has 2 N–H and O–H groups in total. The van der Waals surface area contributed by atoms with Gasteiger partial charge in [0.15, 0.2) is 0 Å². The molecule has 0 aromatic heterocycles. The van der Waals surface area contributed by atoms with Crippen molar-refractivity contribution in [2.45, 2.75) is 6.54 Å². The number of ether oxygens (including phenoxy) is 1. The van der Waals surface area contributed by atoms with Crippen molar-refractivity contribution in [2.24, 2.45) is 5.73 Å². The van der Waals surface area contributed by atoms with Gasteiger partial charge < -0.3 is 10.5 Å². The van der Waals surface area contributed by atoms with Crippen LogP contribution >= 0.6 is 15.9 Å². The van der Waals surface area contributed by atoms with Gasteiger partial charge in [-0.3, -0.25) is 0 Å². The van der Waals surface area contributed by atoms with Gasteiger partial charge in [0.1, 0.15) is 23.1 Å². The first-order chi connectivity index (χ1) is 8.58. The molecule has 2 aromatic rings. The van der Waals surface area contributed by atoms with E-state index in [0.717, 1.165) is 23.8 Å². The molecule has 0 aliphatic heterocycles. The molecule has 2 rings (SSSR count). The summed E-state index contributed by atoms with van der Waals surface area (Å²) in [6, 6.07) is 8.30. The van der Waals surface area contributed by atoms with Gasteiger partial charge in [-0.05, 0) is 33.6 Å².